The summed E-state index contributed by atoms with van der Waals surface area (Å²) in [4.78, 5) is 21.5. The second-order valence-electron chi connectivity index (χ2n) is 6.29. The van der Waals surface area contributed by atoms with Crippen LogP contribution in [-0.4, -0.2) is 23.0 Å². The molecule has 2 aromatic heterocycles. The molecule has 0 fully saturated rings. The predicted octanol–water partition coefficient (Wildman–Crippen LogP) is 5.18. The number of hydrogen-bond donors (Lipinski definition) is 1. The Morgan fingerprint density at radius 1 is 1.11 bits per heavy atom. The SMILES string of the molecule is CCc1ccc(-c2ccc(C(=O)Nc3nc4ccc(OC)cc4s3)cc2)nc1. The van der Waals surface area contributed by atoms with Gasteiger partial charge in [0.25, 0.3) is 5.91 Å². The van der Waals surface area contributed by atoms with Crippen LogP contribution in [0.4, 0.5) is 5.13 Å². The highest BCUT2D eigenvalue weighted by Crippen LogP contribution is 2.29. The van der Waals surface area contributed by atoms with Crippen LogP contribution in [0, 0.1) is 0 Å². The van der Waals surface area contributed by atoms with Crippen molar-refractivity contribution in [3.63, 3.8) is 0 Å². The first kappa shape index (κ1) is 18.1. The Labute approximate surface area is 167 Å². The number of hydrogen-bond acceptors (Lipinski definition) is 5. The van der Waals surface area contributed by atoms with Gasteiger partial charge in [-0.05, 0) is 48.4 Å². The van der Waals surface area contributed by atoms with Gasteiger partial charge in [-0.3, -0.25) is 15.1 Å². The van der Waals surface area contributed by atoms with Gasteiger partial charge in [0.1, 0.15) is 5.75 Å². The summed E-state index contributed by atoms with van der Waals surface area (Å²) < 4.78 is 6.19. The maximum atomic E-state index is 12.6. The van der Waals surface area contributed by atoms with Gasteiger partial charge in [0, 0.05) is 17.3 Å². The minimum absolute atomic E-state index is 0.188. The van der Waals surface area contributed by atoms with Crippen molar-refractivity contribution in [3.05, 3.63) is 71.9 Å². The molecule has 6 heteroatoms. The number of nitrogens with one attached hydrogen (secondary N) is 1. The number of benzene rings is 2. The van der Waals surface area contributed by atoms with Crippen molar-refractivity contribution < 1.29 is 9.53 Å². The number of carbonyl (C=O) groups excluding carboxylic acids is 1. The van der Waals surface area contributed by atoms with Crippen LogP contribution in [0.3, 0.4) is 0 Å². The number of nitrogens with zero attached hydrogens (tertiary/aromatic N) is 2. The Hall–Kier alpha value is -3.25. The zero-order valence-corrected chi connectivity index (χ0v) is 16.4. The zero-order chi connectivity index (χ0) is 19.5. The Morgan fingerprint density at radius 3 is 2.61 bits per heavy atom. The van der Waals surface area contributed by atoms with E-state index in [1.807, 2.05) is 42.6 Å². The number of aryl methyl sites for hydroxylation is 1. The molecule has 2 heterocycles. The summed E-state index contributed by atoms with van der Waals surface area (Å²) in [6.45, 7) is 2.10. The molecule has 5 nitrogen and oxygen atoms in total. The maximum absolute atomic E-state index is 12.6. The normalized spacial score (nSPS) is 10.8. The standard InChI is InChI=1S/C22H19N3O2S/c1-3-14-4-10-18(23-13-14)15-5-7-16(8-6-15)21(26)25-22-24-19-11-9-17(27-2)12-20(19)28-22/h4-13H,3H2,1-2H3,(H,24,25,26). The van der Waals surface area contributed by atoms with Crippen molar-refractivity contribution in [2.45, 2.75) is 13.3 Å². The monoisotopic (exact) mass is 389 g/mol. The number of amides is 1. The average molecular weight is 389 g/mol. The van der Waals surface area contributed by atoms with E-state index in [-0.39, 0.29) is 5.91 Å². The highest BCUT2D eigenvalue weighted by atomic mass is 32.1. The second kappa shape index (κ2) is 7.78. The van der Waals surface area contributed by atoms with E-state index < -0.39 is 0 Å². The van der Waals surface area contributed by atoms with Gasteiger partial charge in [0.05, 0.1) is 23.0 Å². The summed E-state index contributed by atoms with van der Waals surface area (Å²) in [5.74, 6) is 0.581. The van der Waals surface area contributed by atoms with Crippen LogP contribution in [-0.2, 0) is 6.42 Å². The van der Waals surface area contributed by atoms with E-state index >= 15 is 0 Å². The summed E-state index contributed by atoms with van der Waals surface area (Å²) in [5, 5.41) is 3.44. The quantitative estimate of drug-likeness (QED) is 0.511. The summed E-state index contributed by atoms with van der Waals surface area (Å²) in [6.07, 6.45) is 2.85. The maximum Gasteiger partial charge on any atom is 0.257 e. The number of pyridine rings is 1. The summed E-state index contributed by atoms with van der Waals surface area (Å²) in [6, 6.07) is 17.1. The molecule has 0 unspecified atom stereocenters. The number of anilines is 1. The van der Waals surface area contributed by atoms with E-state index in [2.05, 4.69) is 28.3 Å². The van der Waals surface area contributed by atoms with E-state index in [1.165, 1.54) is 16.9 Å². The number of thiazole rings is 1. The zero-order valence-electron chi connectivity index (χ0n) is 15.6. The van der Waals surface area contributed by atoms with Crippen LogP contribution >= 0.6 is 11.3 Å². The lowest BCUT2D eigenvalue weighted by atomic mass is 10.1. The fourth-order valence-electron chi connectivity index (χ4n) is 2.85. The molecule has 2 aromatic carbocycles. The highest BCUT2D eigenvalue weighted by Gasteiger charge is 2.11. The largest absolute Gasteiger partial charge is 0.497 e. The minimum atomic E-state index is -0.188. The lowest BCUT2D eigenvalue weighted by molar-refractivity contribution is 0.102. The smallest absolute Gasteiger partial charge is 0.257 e. The molecule has 1 amide bonds. The van der Waals surface area contributed by atoms with Crippen LogP contribution in [0.2, 0.25) is 0 Å². The molecule has 28 heavy (non-hydrogen) atoms. The Kier molecular flexibility index (Phi) is 5.04. The van der Waals surface area contributed by atoms with Gasteiger partial charge in [0.2, 0.25) is 0 Å². The lowest BCUT2D eigenvalue weighted by Gasteiger charge is -2.05. The molecule has 4 rings (SSSR count). The van der Waals surface area contributed by atoms with Crippen LogP contribution in [0.15, 0.2) is 60.8 Å². The molecule has 0 atom stereocenters. The first-order valence-electron chi connectivity index (χ1n) is 8.97. The van der Waals surface area contributed by atoms with Gasteiger partial charge in [-0.2, -0.15) is 0 Å². The van der Waals surface area contributed by atoms with Gasteiger partial charge in [-0.1, -0.05) is 36.5 Å². The lowest BCUT2D eigenvalue weighted by Crippen LogP contribution is -2.11. The van der Waals surface area contributed by atoms with Crippen LogP contribution in [0.5, 0.6) is 5.75 Å². The van der Waals surface area contributed by atoms with Crippen molar-refractivity contribution in [2.24, 2.45) is 0 Å². The van der Waals surface area contributed by atoms with Crippen molar-refractivity contribution in [1.29, 1.82) is 0 Å². The molecule has 0 aliphatic heterocycles. The minimum Gasteiger partial charge on any atom is -0.497 e. The first-order chi connectivity index (χ1) is 13.7. The molecular formula is C22H19N3O2S. The van der Waals surface area contributed by atoms with Gasteiger partial charge >= 0.3 is 0 Å². The van der Waals surface area contributed by atoms with E-state index in [9.17, 15) is 4.79 Å². The third-order valence-corrected chi connectivity index (χ3v) is 5.43. The van der Waals surface area contributed by atoms with Crippen molar-refractivity contribution in [2.75, 3.05) is 12.4 Å². The number of ether oxygens (including phenoxy) is 1. The van der Waals surface area contributed by atoms with E-state index in [1.54, 1.807) is 19.2 Å². The molecule has 1 N–H and O–H groups in total. The fourth-order valence-corrected chi connectivity index (χ4v) is 3.74. The van der Waals surface area contributed by atoms with Gasteiger partial charge < -0.3 is 4.74 Å². The van der Waals surface area contributed by atoms with Crippen molar-refractivity contribution >= 4 is 32.6 Å². The van der Waals surface area contributed by atoms with E-state index in [4.69, 9.17) is 4.74 Å². The predicted molar refractivity (Wildman–Crippen MR) is 113 cm³/mol. The molecule has 0 saturated carbocycles. The van der Waals surface area contributed by atoms with Crippen molar-refractivity contribution in [3.8, 4) is 17.0 Å². The molecule has 0 bridgehead atoms. The Bertz CT molecular complexity index is 1120. The molecule has 0 saturated heterocycles. The number of methoxy groups -OCH3 is 1. The van der Waals surface area contributed by atoms with Gasteiger partial charge in [0.15, 0.2) is 5.13 Å². The summed E-state index contributed by atoms with van der Waals surface area (Å²) >= 11 is 1.42. The van der Waals surface area contributed by atoms with Crippen LogP contribution in [0.1, 0.15) is 22.8 Å². The third kappa shape index (κ3) is 3.73. The molecular weight excluding hydrogens is 370 g/mol. The second-order valence-corrected chi connectivity index (χ2v) is 7.32. The number of rotatable bonds is 5. The topological polar surface area (TPSA) is 64.1 Å². The highest BCUT2D eigenvalue weighted by molar-refractivity contribution is 7.22. The molecule has 0 spiro atoms. The van der Waals surface area contributed by atoms with Crippen molar-refractivity contribution in [1.82, 2.24) is 9.97 Å². The van der Waals surface area contributed by atoms with E-state index in [0.717, 1.165) is 33.6 Å². The number of aromatic nitrogens is 2. The molecule has 4 aromatic rings. The molecule has 0 radical (unpaired) electrons. The number of fused-ring (bicyclic) bond motifs is 1. The number of carbonyl (C=O) groups is 1. The first-order valence-corrected chi connectivity index (χ1v) is 9.79. The van der Waals surface area contributed by atoms with Gasteiger partial charge in [-0.25, -0.2) is 4.98 Å². The molecule has 0 aliphatic carbocycles. The Balaban J connectivity index is 1.50. The van der Waals surface area contributed by atoms with Gasteiger partial charge in [-0.15, -0.1) is 0 Å². The average Bonchev–Trinajstić information content (AvgIpc) is 3.15. The Morgan fingerprint density at radius 2 is 1.93 bits per heavy atom. The molecule has 0 aliphatic rings. The summed E-state index contributed by atoms with van der Waals surface area (Å²) in [7, 11) is 1.63. The van der Waals surface area contributed by atoms with Crippen LogP contribution < -0.4 is 10.1 Å². The third-order valence-electron chi connectivity index (χ3n) is 4.49. The van der Waals surface area contributed by atoms with E-state index in [0.29, 0.717) is 10.7 Å². The van der Waals surface area contributed by atoms with Crippen LogP contribution in [0.25, 0.3) is 21.5 Å². The molecule has 140 valence electrons. The summed E-state index contributed by atoms with van der Waals surface area (Å²) in [5.41, 5.74) is 4.48. The fraction of sp³-hybridized carbons (Fsp3) is 0.136.